The maximum atomic E-state index is 5.60. The van der Waals surface area contributed by atoms with Crippen LogP contribution in [0.3, 0.4) is 0 Å². The highest BCUT2D eigenvalue weighted by atomic mass is 16.8. The average molecular weight is 322 g/mol. The van der Waals surface area contributed by atoms with Crippen molar-refractivity contribution in [3.05, 3.63) is 90.2 Å². The molecule has 2 aromatic carbocycles. The Morgan fingerprint density at radius 2 is 1.25 bits per heavy atom. The first-order valence-corrected chi connectivity index (χ1v) is 7.80. The van der Waals surface area contributed by atoms with E-state index in [0.29, 0.717) is 18.7 Å². The van der Waals surface area contributed by atoms with Gasteiger partial charge in [0.05, 0.1) is 6.26 Å². The molecule has 3 rings (SSSR count). The van der Waals surface area contributed by atoms with E-state index in [1.54, 1.807) is 18.4 Å². The third kappa shape index (κ3) is 5.08. The summed E-state index contributed by atoms with van der Waals surface area (Å²) in [6.07, 6.45) is 1.59. The predicted molar refractivity (Wildman–Crippen MR) is 92.8 cm³/mol. The molecule has 1 heterocycles. The zero-order chi connectivity index (χ0) is 16.5. The fourth-order valence-electron chi connectivity index (χ4n) is 2.16. The Morgan fingerprint density at radius 1 is 0.708 bits per heavy atom. The monoisotopic (exact) mass is 322 g/mol. The Balaban J connectivity index is 1.50. The lowest BCUT2D eigenvalue weighted by atomic mass is 9.87. The first-order valence-electron chi connectivity index (χ1n) is 7.80. The van der Waals surface area contributed by atoms with Crippen LogP contribution in [0.2, 0.25) is 0 Å². The van der Waals surface area contributed by atoms with Gasteiger partial charge in [0.15, 0.2) is 0 Å². The van der Waals surface area contributed by atoms with Crippen LogP contribution in [0.1, 0.15) is 11.1 Å². The molecule has 122 valence electrons. The van der Waals surface area contributed by atoms with Gasteiger partial charge in [0.2, 0.25) is 0 Å². The van der Waals surface area contributed by atoms with E-state index in [0.717, 1.165) is 11.1 Å². The van der Waals surface area contributed by atoms with Gasteiger partial charge in [-0.25, -0.2) is 11.0 Å². The van der Waals surface area contributed by atoms with Crippen molar-refractivity contribution in [3.63, 3.8) is 0 Å². The summed E-state index contributed by atoms with van der Waals surface area (Å²) < 4.78 is 16.6. The van der Waals surface area contributed by atoms with Gasteiger partial charge in [0, 0.05) is 13.1 Å². The molecular formula is C18H19BN2O3. The lowest BCUT2D eigenvalue weighted by molar-refractivity contribution is 0.0866. The van der Waals surface area contributed by atoms with E-state index in [-0.39, 0.29) is 0 Å². The molecular weight excluding hydrogens is 303 g/mol. The van der Waals surface area contributed by atoms with E-state index in [1.165, 1.54) is 0 Å². The summed E-state index contributed by atoms with van der Waals surface area (Å²) in [4.78, 5) is 0. The van der Waals surface area contributed by atoms with Crippen LogP contribution >= 0.6 is 0 Å². The minimum atomic E-state index is -0.688. The zero-order valence-electron chi connectivity index (χ0n) is 13.2. The standard InChI is InChI=1S/C18H19BN2O3/c1-3-8-16(9-4-1)14-20-23-19(18-12-7-13-22-18)24-21-15-17-10-5-2-6-11-17/h1-13,20-21H,14-15H2. The molecule has 0 aliphatic carbocycles. The summed E-state index contributed by atoms with van der Waals surface area (Å²) in [7, 11) is -0.688. The van der Waals surface area contributed by atoms with Crippen LogP contribution in [0.5, 0.6) is 0 Å². The number of rotatable bonds is 9. The number of furan rings is 1. The summed E-state index contributed by atoms with van der Waals surface area (Å²) in [5, 5.41) is 0. The largest absolute Gasteiger partial charge is 0.566 e. The van der Waals surface area contributed by atoms with Gasteiger partial charge < -0.3 is 13.9 Å². The lowest BCUT2D eigenvalue weighted by Crippen LogP contribution is -2.43. The summed E-state index contributed by atoms with van der Waals surface area (Å²) in [5.41, 5.74) is 8.64. The SMILES string of the molecule is c1ccc(CNOB(ONCc2ccccc2)c2ccco2)cc1. The molecule has 6 heteroatoms. The molecule has 0 fully saturated rings. The molecule has 0 saturated heterocycles. The Hall–Kier alpha value is -2.38. The molecule has 1 aromatic heterocycles. The molecule has 0 unspecified atom stereocenters. The van der Waals surface area contributed by atoms with E-state index < -0.39 is 7.12 Å². The number of hydrogen-bond donors (Lipinski definition) is 2. The second kappa shape index (κ2) is 9.05. The van der Waals surface area contributed by atoms with Gasteiger partial charge >= 0.3 is 7.12 Å². The Kier molecular flexibility index (Phi) is 6.22. The third-order valence-corrected chi connectivity index (χ3v) is 3.39. The van der Waals surface area contributed by atoms with Crippen molar-refractivity contribution >= 4 is 12.8 Å². The number of hydrogen-bond acceptors (Lipinski definition) is 5. The minimum absolute atomic E-state index is 0.570. The van der Waals surface area contributed by atoms with Crippen molar-refractivity contribution in [3.8, 4) is 0 Å². The summed E-state index contributed by atoms with van der Waals surface area (Å²) in [6.45, 7) is 1.14. The molecule has 0 radical (unpaired) electrons. The first kappa shape index (κ1) is 16.5. The normalized spacial score (nSPS) is 10.7. The molecule has 3 aromatic rings. The van der Waals surface area contributed by atoms with Crippen molar-refractivity contribution in [1.82, 2.24) is 11.0 Å². The molecule has 5 nitrogen and oxygen atoms in total. The highest BCUT2D eigenvalue weighted by Gasteiger charge is 2.26. The van der Waals surface area contributed by atoms with Gasteiger partial charge in [-0.1, -0.05) is 60.7 Å². The molecule has 0 atom stereocenters. The van der Waals surface area contributed by atoms with Crippen molar-refractivity contribution in [2.24, 2.45) is 0 Å². The van der Waals surface area contributed by atoms with E-state index in [1.807, 2.05) is 60.7 Å². The van der Waals surface area contributed by atoms with Crippen LogP contribution < -0.4 is 16.6 Å². The van der Waals surface area contributed by atoms with Crippen LogP contribution in [0.25, 0.3) is 0 Å². The van der Waals surface area contributed by atoms with Gasteiger partial charge in [-0.15, -0.1) is 0 Å². The molecule has 0 aliphatic rings. The molecule has 24 heavy (non-hydrogen) atoms. The van der Waals surface area contributed by atoms with Crippen molar-refractivity contribution in [2.75, 3.05) is 0 Å². The summed E-state index contributed by atoms with van der Waals surface area (Å²) in [5.74, 6) is 0. The van der Waals surface area contributed by atoms with Crippen molar-refractivity contribution in [2.45, 2.75) is 13.1 Å². The van der Waals surface area contributed by atoms with E-state index >= 15 is 0 Å². The number of benzene rings is 2. The smallest absolute Gasteiger partial charge is 0.473 e. The second-order valence-electron chi connectivity index (χ2n) is 5.20. The van der Waals surface area contributed by atoms with Crippen LogP contribution in [-0.4, -0.2) is 7.12 Å². The zero-order valence-corrected chi connectivity index (χ0v) is 13.2. The molecule has 0 amide bonds. The van der Waals surface area contributed by atoms with Gasteiger partial charge in [-0.3, -0.25) is 0 Å². The first-order chi connectivity index (χ1) is 11.9. The number of nitrogens with one attached hydrogen (secondary N) is 2. The van der Waals surface area contributed by atoms with Gasteiger partial charge in [0.1, 0.15) is 5.66 Å². The van der Waals surface area contributed by atoms with Gasteiger partial charge in [-0.2, -0.15) is 0 Å². The van der Waals surface area contributed by atoms with E-state index in [2.05, 4.69) is 11.0 Å². The fourth-order valence-corrected chi connectivity index (χ4v) is 2.16. The minimum Gasteiger partial charge on any atom is -0.473 e. The maximum Gasteiger partial charge on any atom is 0.566 e. The maximum absolute atomic E-state index is 5.60. The van der Waals surface area contributed by atoms with Gasteiger partial charge in [0.25, 0.3) is 0 Å². The quantitative estimate of drug-likeness (QED) is 0.468. The Labute approximate surface area is 141 Å². The van der Waals surface area contributed by atoms with Gasteiger partial charge in [-0.05, 0) is 23.3 Å². The third-order valence-electron chi connectivity index (χ3n) is 3.39. The highest BCUT2D eigenvalue weighted by molar-refractivity contribution is 6.59. The van der Waals surface area contributed by atoms with Crippen LogP contribution in [0.4, 0.5) is 0 Å². The molecule has 2 N–H and O–H groups in total. The Morgan fingerprint density at radius 3 is 1.71 bits per heavy atom. The molecule has 0 saturated carbocycles. The predicted octanol–water partition coefficient (Wildman–Crippen LogP) is 2.42. The summed E-state index contributed by atoms with van der Waals surface area (Å²) >= 11 is 0. The summed E-state index contributed by atoms with van der Waals surface area (Å²) in [6, 6.07) is 23.6. The Bertz CT molecular complexity index is 647. The van der Waals surface area contributed by atoms with Crippen LogP contribution in [0.15, 0.2) is 83.5 Å². The second-order valence-corrected chi connectivity index (χ2v) is 5.20. The average Bonchev–Trinajstić information content (AvgIpc) is 3.17. The highest BCUT2D eigenvalue weighted by Crippen LogP contribution is 2.00. The molecule has 0 bridgehead atoms. The van der Waals surface area contributed by atoms with Crippen molar-refractivity contribution < 1.29 is 13.9 Å². The topological polar surface area (TPSA) is 55.7 Å². The lowest BCUT2D eigenvalue weighted by Gasteiger charge is -2.14. The molecule has 0 aliphatic heterocycles. The molecule has 0 spiro atoms. The van der Waals surface area contributed by atoms with Crippen LogP contribution in [-0.2, 0) is 22.6 Å². The number of hydroxylamine groups is 2. The van der Waals surface area contributed by atoms with Crippen LogP contribution in [0, 0.1) is 0 Å². The van der Waals surface area contributed by atoms with E-state index in [4.69, 9.17) is 13.9 Å². The van der Waals surface area contributed by atoms with Crippen molar-refractivity contribution in [1.29, 1.82) is 0 Å². The fraction of sp³-hybridized carbons (Fsp3) is 0.111. The van der Waals surface area contributed by atoms with E-state index in [9.17, 15) is 0 Å².